The highest BCUT2D eigenvalue weighted by molar-refractivity contribution is 5.94. The number of benzene rings is 1. The Hall–Kier alpha value is -1.62. The van der Waals surface area contributed by atoms with Gasteiger partial charge in [-0.3, -0.25) is 4.79 Å². The van der Waals surface area contributed by atoms with Crippen molar-refractivity contribution < 1.29 is 14.3 Å². The smallest absolute Gasteiger partial charge is 0.251 e. The average molecular weight is 268 g/mol. The zero-order valence-electron chi connectivity index (χ0n) is 11.5. The van der Waals surface area contributed by atoms with E-state index in [1.165, 1.54) is 12.1 Å². The second-order valence-electron chi connectivity index (χ2n) is 5.51. The first-order valence-electron chi connectivity index (χ1n) is 6.27. The summed E-state index contributed by atoms with van der Waals surface area (Å²) in [5, 5.41) is 12.7. The molecule has 4 nitrogen and oxygen atoms in total. The maximum Gasteiger partial charge on any atom is 0.251 e. The molecule has 0 spiro atoms. The van der Waals surface area contributed by atoms with Gasteiger partial charge in [-0.15, -0.1) is 0 Å². The van der Waals surface area contributed by atoms with E-state index in [-0.39, 0.29) is 17.8 Å². The molecule has 1 aromatic rings. The average Bonchev–Trinajstić information content (AvgIpc) is 2.28. The molecule has 0 bridgehead atoms. The van der Waals surface area contributed by atoms with Crippen LogP contribution in [0.25, 0.3) is 0 Å². The number of carbonyl (C=O) groups is 1. The van der Waals surface area contributed by atoms with E-state index in [0.717, 1.165) is 6.07 Å². The summed E-state index contributed by atoms with van der Waals surface area (Å²) in [7, 11) is 0. The minimum Gasteiger partial charge on any atom is -0.396 e. The number of halogens is 1. The van der Waals surface area contributed by atoms with Crippen LogP contribution < -0.4 is 11.1 Å². The normalized spacial score (nSPS) is 14.2. The fourth-order valence-corrected chi connectivity index (χ4v) is 1.99. The monoisotopic (exact) mass is 268 g/mol. The van der Waals surface area contributed by atoms with Crippen LogP contribution in [-0.2, 0) is 0 Å². The van der Waals surface area contributed by atoms with Crippen LogP contribution in [0, 0.1) is 11.7 Å². The highest BCUT2D eigenvalue weighted by Gasteiger charge is 2.22. The molecule has 1 unspecified atom stereocenters. The molecular weight excluding hydrogens is 247 g/mol. The first-order valence-corrected chi connectivity index (χ1v) is 6.27. The molecule has 0 aliphatic heterocycles. The lowest BCUT2D eigenvalue weighted by Gasteiger charge is -2.25. The van der Waals surface area contributed by atoms with Gasteiger partial charge in [0.25, 0.3) is 5.91 Å². The summed E-state index contributed by atoms with van der Waals surface area (Å²) in [6.07, 6.45) is 0.573. The Balaban J connectivity index is 2.62. The predicted molar refractivity (Wildman–Crippen MR) is 73.2 cm³/mol. The van der Waals surface area contributed by atoms with Crippen molar-refractivity contribution in [3.63, 3.8) is 0 Å². The first kappa shape index (κ1) is 15.4. The molecule has 106 valence electrons. The zero-order chi connectivity index (χ0) is 14.6. The SMILES string of the molecule is CC(C)CC(C)(O)CNC(=O)c1ccc(N)c(F)c1. The maximum atomic E-state index is 13.2. The summed E-state index contributed by atoms with van der Waals surface area (Å²) in [6, 6.07) is 3.88. The van der Waals surface area contributed by atoms with Crippen molar-refractivity contribution in [1.82, 2.24) is 5.32 Å². The Bertz CT molecular complexity index is 459. The molecule has 0 heterocycles. The topological polar surface area (TPSA) is 75.3 Å². The molecule has 0 aromatic heterocycles. The Morgan fingerprint density at radius 1 is 1.53 bits per heavy atom. The summed E-state index contributed by atoms with van der Waals surface area (Å²) in [6.45, 7) is 5.77. The molecule has 0 aliphatic carbocycles. The zero-order valence-corrected chi connectivity index (χ0v) is 11.5. The second-order valence-corrected chi connectivity index (χ2v) is 5.51. The summed E-state index contributed by atoms with van der Waals surface area (Å²) in [4.78, 5) is 11.8. The van der Waals surface area contributed by atoms with E-state index in [0.29, 0.717) is 12.3 Å². The van der Waals surface area contributed by atoms with Crippen molar-refractivity contribution in [3.8, 4) is 0 Å². The molecule has 1 atom stereocenters. The summed E-state index contributed by atoms with van der Waals surface area (Å²) in [5.74, 6) is -0.731. The third kappa shape index (κ3) is 4.87. The fourth-order valence-electron chi connectivity index (χ4n) is 1.99. The summed E-state index contributed by atoms with van der Waals surface area (Å²) in [5.41, 5.74) is 4.55. The van der Waals surface area contributed by atoms with Gasteiger partial charge in [0.2, 0.25) is 0 Å². The number of anilines is 1. The van der Waals surface area contributed by atoms with Gasteiger partial charge < -0.3 is 16.2 Å². The molecule has 1 aromatic carbocycles. The maximum absolute atomic E-state index is 13.2. The Labute approximate surface area is 112 Å². The molecule has 1 rings (SSSR count). The first-order chi connectivity index (χ1) is 8.71. The van der Waals surface area contributed by atoms with E-state index in [1.807, 2.05) is 13.8 Å². The number of aliphatic hydroxyl groups is 1. The third-order valence-corrected chi connectivity index (χ3v) is 2.74. The van der Waals surface area contributed by atoms with Gasteiger partial charge in [-0.1, -0.05) is 13.8 Å². The minimum atomic E-state index is -0.976. The quantitative estimate of drug-likeness (QED) is 0.714. The second kappa shape index (κ2) is 6.02. The number of hydrogen-bond acceptors (Lipinski definition) is 3. The van der Waals surface area contributed by atoms with Crippen LogP contribution in [0.5, 0.6) is 0 Å². The predicted octanol–water partition coefficient (Wildman–Crippen LogP) is 1.93. The Morgan fingerprint density at radius 2 is 2.16 bits per heavy atom. The van der Waals surface area contributed by atoms with Crippen LogP contribution in [0.1, 0.15) is 37.6 Å². The van der Waals surface area contributed by atoms with Crippen molar-refractivity contribution in [3.05, 3.63) is 29.6 Å². The number of nitrogens with two attached hydrogens (primary N) is 1. The van der Waals surface area contributed by atoms with E-state index in [2.05, 4.69) is 5.32 Å². The van der Waals surface area contributed by atoms with E-state index < -0.39 is 17.3 Å². The molecule has 0 radical (unpaired) electrons. The van der Waals surface area contributed by atoms with Gasteiger partial charge in [0.05, 0.1) is 11.3 Å². The lowest BCUT2D eigenvalue weighted by atomic mass is 9.94. The molecule has 0 saturated carbocycles. The van der Waals surface area contributed by atoms with Crippen LogP contribution in [0.15, 0.2) is 18.2 Å². The highest BCUT2D eigenvalue weighted by Crippen LogP contribution is 2.16. The molecule has 0 aliphatic rings. The van der Waals surface area contributed by atoms with Crippen molar-refractivity contribution in [2.45, 2.75) is 32.8 Å². The van der Waals surface area contributed by atoms with Gasteiger partial charge >= 0.3 is 0 Å². The third-order valence-electron chi connectivity index (χ3n) is 2.74. The summed E-state index contributed by atoms with van der Waals surface area (Å²) >= 11 is 0. The fraction of sp³-hybridized carbons (Fsp3) is 0.500. The van der Waals surface area contributed by atoms with Crippen LogP contribution >= 0.6 is 0 Å². The van der Waals surface area contributed by atoms with Crippen molar-refractivity contribution in [2.24, 2.45) is 5.92 Å². The van der Waals surface area contributed by atoms with Gasteiger partial charge in [-0.05, 0) is 37.5 Å². The molecular formula is C14H21FN2O2. The molecule has 4 N–H and O–H groups in total. The lowest BCUT2D eigenvalue weighted by Crippen LogP contribution is -2.41. The number of amides is 1. The highest BCUT2D eigenvalue weighted by atomic mass is 19.1. The largest absolute Gasteiger partial charge is 0.396 e. The molecule has 5 heteroatoms. The number of rotatable bonds is 5. The standard InChI is InChI=1S/C14H21FN2O2/c1-9(2)7-14(3,19)8-17-13(18)10-4-5-12(16)11(15)6-10/h4-6,9,19H,7-8,16H2,1-3H3,(H,17,18). The van der Waals surface area contributed by atoms with E-state index in [4.69, 9.17) is 5.73 Å². The van der Waals surface area contributed by atoms with Crippen LogP contribution in [0.3, 0.4) is 0 Å². The number of nitrogen functional groups attached to an aromatic ring is 1. The van der Waals surface area contributed by atoms with E-state index >= 15 is 0 Å². The van der Waals surface area contributed by atoms with Crippen LogP contribution in [-0.4, -0.2) is 23.2 Å². The van der Waals surface area contributed by atoms with Gasteiger partial charge in [0.15, 0.2) is 0 Å². The molecule has 0 fully saturated rings. The van der Waals surface area contributed by atoms with Gasteiger partial charge in [0, 0.05) is 12.1 Å². The Morgan fingerprint density at radius 3 is 2.68 bits per heavy atom. The van der Waals surface area contributed by atoms with Crippen molar-refractivity contribution in [2.75, 3.05) is 12.3 Å². The van der Waals surface area contributed by atoms with Gasteiger partial charge in [-0.2, -0.15) is 0 Å². The van der Waals surface area contributed by atoms with Crippen LogP contribution in [0.4, 0.5) is 10.1 Å². The minimum absolute atomic E-state index is 0.00311. The van der Waals surface area contributed by atoms with E-state index in [9.17, 15) is 14.3 Å². The van der Waals surface area contributed by atoms with Crippen molar-refractivity contribution in [1.29, 1.82) is 0 Å². The molecule has 19 heavy (non-hydrogen) atoms. The molecule has 0 saturated heterocycles. The Kier molecular flexibility index (Phi) is 4.89. The summed E-state index contributed by atoms with van der Waals surface area (Å²) < 4.78 is 13.2. The number of hydrogen-bond donors (Lipinski definition) is 3. The molecule has 1 amide bonds. The lowest BCUT2D eigenvalue weighted by molar-refractivity contribution is 0.0368. The van der Waals surface area contributed by atoms with Crippen LogP contribution in [0.2, 0.25) is 0 Å². The number of carbonyl (C=O) groups excluding carboxylic acids is 1. The van der Waals surface area contributed by atoms with Gasteiger partial charge in [-0.25, -0.2) is 4.39 Å². The van der Waals surface area contributed by atoms with Gasteiger partial charge in [0.1, 0.15) is 5.82 Å². The number of nitrogens with one attached hydrogen (secondary N) is 1. The van der Waals surface area contributed by atoms with Crippen molar-refractivity contribution >= 4 is 11.6 Å². The van der Waals surface area contributed by atoms with E-state index in [1.54, 1.807) is 6.92 Å².